The van der Waals surface area contributed by atoms with E-state index in [1.54, 1.807) is 11.3 Å². The van der Waals surface area contributed by atoms with Crippen molar-refractivity contribution < 1.29 is 4.79 Å². The summed E-state index contributed by atoms with van der Waals surface area (Å²) in [6, 6.07) is 4.40. The average molecular weight is 372 g/mol. The smallest absolute Gasteiger partial charge is 0.223 e. The number of aryl methyl sites for hydroxylation is 2. The maximum atomic E-state index is 11.1. The first-order valence-electron chi connectivity index (χ1n) is 9.06. The molecule has 138 valence electrons. The fourth-order valence-corrected chi connectivity index (χ4v) is 5.13. The Hall–Kier alpha value is -1.99. The molecule has 0 aliphatic carbocycles. The monoisotopic (exact) mass is 371 g/mol. The van der Waals surface area contributed by atoms with Crippen LogP contribution in [0.1, 0.15) is 29.6 Å². The summed E-state index contributed by atoms with van der Waals surface area (Å²) in [5, 5.41) is 3.45. The number of hydrogen-bond donors (Lipinski definition) is 1. The lowest BCUT2D eigenvalue weighted by Gasteiger charge is -2.48. The van der Waals surface area contributed by atoms with Gasteiger partial charge in [-0.05, 0) is 32.4 Å². The molecule has 4 heterocycles. The second-order valence-electron chi connectivity index (χ2n) is 7.74. The zero-order valence-electron chi connectivity index (χ0n) is 15.6. The van der Waals surface area contributed by atoms with Gasteiger partial charge in [-0.3, -0.25) is 14.7 Å². The fourth-order valence-electron chi connectivity index (χ4n) is 4.23. The van der Waals surface area contributed by atoms with Crippen molar-refractivity contribution in [3.8, 4) is 0 Å². The predicted octanol–water partition coefficient (Wildman–Crippen LogP) is 2.83. The summed E-state index contributed by atoms with van der Waals surface area (Å²) in [7, 11) is 0. The van der Waals surface area contributed by atoms with Crippen molar-refractivity contribution in [3.05, 3.63) is 34.6 Å². The van der Waals surface area contributed by atoms with Crippen molar-refractivity contribution in [3.63, 3.8) is 0 Å². The number of carbonyl (C=O) groups is 1. The maximum absolute atomic E-state index is 11.1. The number of pyridine rings is 1. The second kappa shape index (κ2) is 6.63. The number of rotatable bonds is 4. The number of nitrogens with one attached hydrogen (secondary N) is 1. The number of thiazole rings is 1. The lowest BCUT2D eigenvalue weighted by atomic mass is 9.79. The molecule has 4 rings (SSSR count). The summed E-state index contributed by atoms with van der Waals surface area (Å²) in [5.41, 5.74) is 3.93. The van der Waals surface area contributed by atoms with Gasteiger partial charge in [-0.1, -0.05) is 0 Å². The molecule has 26 heavy (non-hydrogen) atoms. The van der Waals surface area contributed by atoms with E-state index in [4.69, 9.17) is 0 Å². The van der Waals surface area contributed by atoms with Gasteiger partial charge in [0.05, 0.1) is 0 Å². The summed E-state index contributed by atoms with van der Waals surface area (Å²) in [6.07, 6.45) is 3.13. The van der Waals surface area contributed by atoms with Gasteiger partial charge in [0, 0.05) is 73.2 Å². The molecule has 1 spiro atoms. The van der Waals surface area contributed by atoms with Crippen LogP contribution in [0.25, 0.3) is 0 Å². The van der Waals surface area contributed by atoms with E-state index in [-0.39, 0.29) is 5.91 Å². The molecule has 0 atom stereocenters. The van der Waals surface area contributed by atoms with Crippen molar-refractivity contribution in [2.24, 2.45) is 5.41 Å². The molecule has 2 aliphatic heterocycles. The van der Waals surface area contributed by atoms with E-state index in [0.717, 1.165) is 44.1 Å². The van der Waals surface area contributed by atoms with E-state index < -0.39 is 0 Å². The third kappa shape index (κ3) is 3.59. The molecule has 1 amide bonds. The van der Waals surface area contributed by atoms with Gasteiger partial charge in [0.15, 0.2) is 5.13 Å². The molecular formula is C19H25N5OS. The van der Waals surface area contributed by atoms with Gasteiger partial charge >= 0.3 is 0 Å². The van der Waals surface area contributed by atoms with Gasteiger partial charge in [0.2, 0.25) is 5.91 Å². The van der Waals surface area contributed by atoms with E-state index in [1.165, 1.54) is 23.9 Å². The zero-order chi connectivity index (χ0) is 18.3. The molecule has 2 aromatic heterocycles. The maximum Gasteiger partial charge on any atom is 0.223 e. The molecule has 0 bridgehead atoms. The minimum absolute atomic E-state index is 0.0681. The molecule has 2 saturated heterocycles. The van der Waals surface area contributed by atoms with Crippen LogP contribution in [0.3, 0.4) is 0 Å². The second-order valence-corrected chi connectivity index (χ2v) is 8.85. The molecule has 7 heteroatoms. The largest absolute Gasteiger partial charge is 0.371 e. The molecule has 2 aliphatic rings. The number of anilines is 2. The minimum atomic E-state index is -0.0681. The Labute approximate surface area is 158 Å². The van der Waals surface area contributed by atoms with E-state index in [0.29, 0.717) is 10.5 Å². The zero-order valence-corrected chi connectivity index (χ0v) is 16.4. The summed E-state index contributed by atoms with van der Waals surface area (Å²) < 4.78 is 0. The van der Waals surface area contributed by atoms with Crippen molar-refractivity contribution in [1.29, 1.82) is 0 Å². The molecule has 1 N–H and O–H groups in total. The lowest BCUT2D eigenvalue weighted by molar-refractivity contribution is -0.114. The highest BCUT2D eigenvalue weighted by atomic mass is 32.1. The van der Waals surface area contributed by atoms with E-state index >= 15 is 0 Å². The number of amides is 1. The Morgan fingerprint density at radius 3 is 2.69 bits per heavy atom. The van der Waals surface area contributed by atoms with Gasteiger partial charge in [-0.25, -0.2) is 4.98 Å². The third-order valence-electron chi connectivity index (χ3n) is 5.20. The van der Waals surface area contributed by atoms with E-state index in [1.807, 2.05) is 6.20 Å². The summed E-state index contributed by atoms with van der Waals surface area (Å²) in [4.78, 5) is 26.1. The SMILES string of the molecule is CC(=O)Nc1ncc(CN2CC3(CCN(c4cc(C)nc(C)c4)C3)C2)s1. The molecule has 0 aromatic carbocycles. The average Bonchev–Trinajstić information content (AvgIpc) is 3.13. The summed E-state index contributed by atoms with van der Waals surface area (Å²) >= 11 is 1.57. The molecule has 0 radical (unpaired) electrons. The number of aromatic nitrogens is 2. The normalized spacial score (nSPS) is 19.0. The first-order valence-corrected chi connectivity index (χ1v) is 9.87. The summed E-state index contributed by atoms with van der Waals surface area (Å²) in [6.45, 7) is 11.1. The third-order valence-corrected chi connectivity index (χ3v) is 6.10. The van der Waals surface area contributed by atoms with Crippen LogP contribution in [0.5, 0.6) is 0 Å². The van der Waals surface area contributed by atoms with Gasteiger partial charge in [-0.15, -0.1) is 11.3 Å². The number of carbonyl (C=O) groups excluding carboxylic acids is 1. The van der Waals surface area contributed by atoms with Gasteiger partial charge in [0.1, 0.15) is 0 Å². The van der Waals surface area contributed by atoms with Gasteiger partial charge in [0.25, 0.3) is 0 Å². The standard InChI is InChI=1S/C19H25N5OS/c1-13-6-16(7-14(2)21-13)24-5-4-19(12-24)10-23(11-19)9-17-8-20-18(26-17)22-15(3)25/h6-8H,4-5,9-12H2,1-3H3,(H,20,22,25). The van der Waals surface area contributed by atoms with Crippen molar-refractivity contribution in [2.45, 2.75) is 33.7 Å². The topological polar surface area (TPSA) is 61.4 Å². The first-order chi connectivity index (χ1) is 12.4. The fraction of sp³-hybridized carbons (Fsp3) is 0.526. The van der Waals surface area contributed by atoms with Crippen LogP contribution >= 0.6 is 11.3 Å². The first kappa shape index (κ1) is 17.4. The highest BCUT2D eigenvalue weighted by molar-refractivity contribution is 7.15. The Bertz CT molecular complexity index is 807. The van der Waals surface area contributed by atoms with Gasteiger partial charge in [-0.2, -0.15) is 0 Å². The molecule has 2 aromatic rings. The van der Waals surface area contributed by atoms with Crippen molar-refractivity contribution in [1.82, 2.24) is 14.9 Å². The predicted molar refractivity (Wildman–Crippen MR) is 105 cm³/mol. The van der Waals surface area contributed by atoms with Crippen LogP contribution in [-0.2, 0) is 11.3 Å². The Morgan fingerprint density at radius 2 is 2.00 bits per heavy atom. The van der Waals surface area contributed by atoms with Crippen LogP contribution in [0.2, 0.25) is 0 Å². The molecular weight excluding hydrogens is 346 g/mol. The number of hydrogen-bond acceptors (Lipinski definition) is 6. The number of nitrogens with zero attached hydrogens (tertiary/aromatic N) is 4. The van der Waals surface area contributed by atoms with Crippen LogP contribution in [0.4, 0.5) is 10.8 Å². The van der Waals surface area contributed by atoms with Crippen molar-refractivity contribution >= 4 is 28.1 Å². The quantitative estimate of drug-likeness (QED) is 0.895. The lowest BCUT2D eigenvalue weighted by Crippen LogP contribution is -2.56. The van der Waals surface area contributed by atoms with E-state index in [2.05, 4.69) is 51.1 Å². The highest BCUT2D eigenvalue weighted by Gasteiger charge is 2.47. The molecule has 6 nitrogen and oxygen atoms in total. The summed E-state index contributed by atoms with van der Waals surface area (Å²) in [5.74, 6) is -0.0681. The van der Waals surface area contributed by atoms with E-state index in [9.17, 15) is 4.79 Å². The Kier molecular flexibility index (Phi) is 4.44. The minimum Gasteiger partial charge on any atom is -0.371 e. The Morgan fingerprint density at radius 1 is 1.27 bits per heavy atom. The van der Waals surface area contributed by atoms with Crippen LogP contribution in [0.15, 0.2) is 18.3 Å². The molecule has 2 fully saturated rings. The van der Waals surface area contributed by atoms with Crippen LogP contribution in [0, 0.1) is 19.3 Å². The van der Waals surface area contributed by atoms with Crippen LogP contribution in [-0.4, -0.2) is 47.0 Å². The van der Waals surface area contributed by atoms with Gasteiger partial charge < -0.3 is 10.2 Å². The highest BCUT2D eigenvalue weighted by Crippen LogP contribution is 2.42. The molecule has 0 saturated carbocycles. The molecule has 0 unspecified atom stereocenters. The van der Waals surface area contributed by atoms with Crippen molar-refractivity contribution in [2.75, 3.05) is 36.4 Å². The Balaban J connectivity index is 1.33. The van der Waals surface area contributed by atoms with Crippen LogP contribution < -0.4 is 10.2 Å². The number of likely N-dealkylation sites (tertiary alicyclic amines) is 1.